The van der Waals surface area contributed by atoms with E-state index in [1.54, 1.807) is 4.57 Å². The minimum absolute atomic E-state index is 0.0375. The normalized spacial score (nSPS) is 10.8. The molecular formula is C15H19N3O2. The summed E-state index contributed by atoms with van der Waals surface area (Å²) >= 11 is 0. The Kier molecular flexibility index (Phi) is 3.88. The van der Waals surface area contributed by atoms with Gasteiger partial charge in [0.1, 0.15) is 0 Å². The highest BCUT2D eigenvalue weighted by Gasteiger charge is 2.16. The van der Waals surface area contributed by atoms with E-state index < -0.39 is 5.91 Å². The second kappa shape index (κ2) is 5.45. The van der Waals surface area contributed by atoms with Crippen LogP contribution in [0.15, 0.2) is 16.9 Å². The van der Waals surface area contributed by atoms with Gasteiger partial charge in [0, 0.05) is 13.1 Å². The minimum atomic E-state index is -0.417. The van der Waals surface area contributed by atoms with Crippen LogP contribution >= 0.6 is 0 Å². The molecule has 2 aromatic rings. The third-order valence-electron chi connectivity index (χ3n) is 3.43. The summed E-state index contributed by atoms with van der Waals surface area (Å²) in [6.45, 7) is 8.66. The van der Waals surface area contributed by atoms with Gasteiger partial charge >= 0.3 is 0 Å². The van der Waals surface area contributed by atoms with Crippen molar-refractivity contribution in [3.63, 3.8) is 0 Å². The Morgan fingerprint density at radius 3 is 2.50 bits per heavy atom. The zero-order chi connectivity index (χ0) is 14.9. The first-order chi connectivity index (χ1) is 9.49. The second-order valence-electron chi connectivity index (χ2n) is 4.79. The van der Waals surface area contributed by atoms with Crippen LogP contribution in [0, 0.1) is 13.8 Å². The second-order valence-corrected chi connectivity index (χ2v) is 4.79. The summed E-state index contributed by atoms with van der Waals surface area (Å²) in [7, 11) is 0. The lowest BCUT2D eigenvalue weighted by Crippen LogP contribution is -2.34. The molecule has 106 valence electrons. The van der Waals surface area contributed by atoms with Gasteiger partial charge in [-0.25, -0.2) is 4.98 Å². The van der Waals surface area contributed by atoms with Gasteiger partial charge in [-0.2, -0.15) is 0 Å². The number of carbonyl (C=O) groups is 1. The van der Waals surface area contributed by atoms with Crippen LogP contribution in [0.2, 0.25) is 0 Å². The quantitative estimate of drug-likeness (QED) is 0.927. The molecule has 0 saturated carbocycles. The van der Waals surface area contributed by atoms with Crippen LogP contribution in [0.5, 0.6) is 0 Å². The molecule has 0 spiro atoms. The fraction of sp³-hybridized carbons (Fsp3) is 0.400. The van der Waals surface area contributed by atoms with E-state index in [-0.39, 0.29) is 11.3 Å². The Hall–Kier alpha value is -2.17. The monoisotopic (exact) mass is 273 g/mol. The molecule has 2 rings (SSSR count). The van der Waals surface area contributed by atoms with Crippen LogP contribution in [0.3, 0.4) is 0 Å². The molecule has 1 aromatic carbocycles. The molecule has 0 aliphatic carbocycles. The molecule has 1 heterocycles. The summed E-state index contributed by atoms with van der Waals surface area (Å²) in [5, 5.41) is 2.63. The predicted molar refractivity (Wildman–Crippen MR) is 79.2 cm³/mol. The molecule has 0 aliphatic rings. The maximum atomic E-state index is 12.4. The molecule has 1 amide bonds. The maximum Gasteiger partial charge on any atom is 0.282 e. The van der Waals surface area contributed by atoms with Gasteiger partial charge < -0.3 is 9.88 Å². The van der Waals surface area contributed by atoms with E-state index in [0.717, 1.165) is 16.6 Å². The number of fused-ring (bicyclic) bond motifs is 1. The summed E-state index contributed by atoms with van der Waals surface area (Å²) in [5.74, 6) is -0.417. The van der Waals surface area contributed by atoms with E-state index in [9.17, 15) is 9.59 Å². The molecule has 5 heteroatoms. The Morgan fingerprint density at radius 2 is 1.90 bits per heavy atom. The zero-order valence-electron chi connectivity index (χ0n) is 12.3. The van der Waals surface area contributed by atoms with Crippen molar-refractivity contribution in [3.8, 4) is 0 Å². The van der Waals surface area contributed by atoms with E-state index in [4.69, 9.17) is 0 Å². The van der Waals surface area contributed by atoms with Gasteiger partial charge in [-0.15, -0.1) is 0 Å². The number of benzene rings is 1. The summed E-state index contributed by atoms with van der Waals surface area (Å²) < 4.78 is 1.60. The van der Waals surface area contributed by atoms with Crippen molar-refractivity contribution in [2.75, 3.05) is 6.54 Å². The van der Waals surface area contributed by atoms with Gasteiger partial charge in [-0.1, -0.05) is 0 Å². The highest BCUT2D eigenvalue weighted by atomic mass is 16.2. The number of aryl methyl sites for hydroxylation is 3. The average Bonchev–Trinajstić information content (AvgIpc) is 2.40. The number of carbonyl (C=O) groups excluding carboxylic acids is 1. The van der Waals surface area contributed by atoms with E-state index in [1.807, 2.05) is 39.8 Å². The van der Waals surface area contributed by atoms with Crippen molar-refractivity contribution >= 4 is 16.9 Å². The van der Waals surface area contributed by atoms with Gasteiger partial charge in [0.2, 0.25) is 0 Å². The first kappa shape index (κ1) is 14.2. The molecule has 0 saturated heterocycles. The fourth-order valence-corrected chi connectivity index (χ4v) is 2.20. The van der Waals surface area contributed by atoms with E-state index >= 15 is 0 Å². The first-order valence-electron chi connectivity index (χ1n) is 6.79. The van der Waals surface area contributed by atoms with E-state index in [0.29, 0.717) is 18.6 Å². The number of amides is 1. The molecule has 20 heavy (non-hydrogen) atoms. The molecule has 1 aromatic heterocycles. The molecule has 0 unspecified atom stereocenters. The number of hydrogen-bond acceptors (Lipinski definition) is 3. The standard InChI is InChI=1S/C15H19N3O2/c1-5-16-14(19)13-15(20)18(6-2)12-8-10(4)9(3)7-11(12)17-13/h7-8H,5-6H2,1-4H3,(H,16,19). The Labute approximate surface area is 117 Å². The number of hydrogen-bond donors (Lipinski definition) is 1. The minimum Gasteiger partial charge on any atom is -0.351 e. The molecule has 1 N–H and O–H groups in total. The highest BCUT2D eigenvalue weighted by Crippen LogP contribution is 2.17. The molecule has 0 radical (unpaired) electrons. The van der Waals surface area contributed by atoms with Crippen molar-refractivity contribution in [3.05, 3.63) is 39.3 Å². The molecule has 0 bridgehead atoms. The maximum absolute atomic E-state index is 12.4. The molecule has 5 nitrogen and oxygen atoms in total. The van der Waals surface area contributed by atoms with Crippen LogP contribution < -0.4 is 10.9 Å². The first-order valence-corrected chi connectivity index (χ1v) is 6.79. The lowest BCUT2D eigenvalue weighted by Gasteiger charge is -2.12. The van der Waals surface area contributed by atoms with Gasteiger partial charge in [-0.05, 0) is 51.0 Å². The van der Waals surface area contributed by atoms with Crippen molar-refractivity contribution < 1.29 is 4.79 Å². The average molecular weight is 273 g/mol. The number of nitrogens with zero attached hydrogens (tertiary/aromatic N) is 2. The Balaban J connectivity index is 2.80. The van der Waals surface area contributed by atoms with Crippen LogP contribution in [-0.2, 0) is 6.54 Å². The molecule has 0 atom stereocenters. The molecule has 0 aliphatic heterocycles. The SMILES string of the molecule is CCNC(=O)c1nc2cc(C)c(C)cc2n(CC)c1=O. The largest absolute Gasteiger partial charge is 0.351 e. The van der Waals surface area contributed by atoms with Crippen LogP contribution in [0.4, 0.5) is 0 Å². The van der Waals surface area contributed by atoms with Crippen LogP contribution in [0.1, 0.15) is 35.5 Å². The van der Waals surface area contributed by atoms with Crippen molar-refractivity contribution in [2.45, 2.75) is 34.2 Å². The van der Waals surface area contributed by atoms with Crippen LogP contribution in [-0.4, -0.2) is 22.0 Å². The third kappa shape index (κ3) is 2.31. The van der Waals surface area contributed by atoms with Gasteiger partial charge in [0.25, 0.3) is 11.5 Å². The Bertz CT molecular complexity index is 732. The zero-order valence-corrected chi connectivity index (χ0v) is 12.3. The number of aromatic nitrogens is 2. The van der Waals surface area contributed by atoms with Gasteiger partial charge in [0.15, 0.2) is 5.69 Å². The third-order valence-corrected chi connectivity index (χ3v) is 3.43. The van der Waals surface area contributed by atoms with E-state index in [1.165, 1.54) is 0 Å². The lowest BCUT2D eigenvalue weighted by molar-refractivity contribution is 0.0949. The van der Waals surface area contributed by atoms with Crippen molar-refractivity contribution in [1.82, 2.24) is 14.9 Å². The van der Waals surface area contributed by atoms with Crippen LogP contribution in [0.25, 0.3) is 11.0 Å². The van der Waals surface area contributed by atoms with Crippen molar-refractivity contribution in [2.24, 2.45) is 0 Å². The molecule has 0 fully saturated rings. The van der Waals surface area contributed by atoms with Gasteiger partial charge in [0.05, 0.1) is 11.0 Å². The summed E-state index contributed by atoms with van der Waals surface area (Å²) in [5.41, 5.74) is 3.27. The van der Waals surface area contributed by atoms with Gasteiger partial charge in [-0.3, -0.25) is 9.59 Å². The summed E-state index contributed by atoms with van der Waals surface area (Å²) in [4.78, 5) is 28.6. The topological polar surface area (TPSA) is 64.0 Å². The smallest absolute Gasteiger partial charge is 0.282 e. The Morgan fingerprint density at radius 1 is 1.25 bits per heavy atom. The number of nitrogens with one attached hydrogen (secondary N) is 1. The molecular weight excluding hydrogens is 254 g/mol. The number of rotatable bonds is 3. The summed E-state index contributed by atoms with van der Waals surface area (Å²) in [6.07, 6.45) is 0. The highest BCUT2D eigenvalue weighted by molar-refractivity contribution is 5.93. The van der Waals surface area contributed by atoms with E-state index in [2.05, 4.69) is 10.3 Å². The fourth-order valence-electron chi connectivity index (χ4n) is 2.20. The lowest BCUT2D eigenvalue weighted by atomic mass is 10.1. The van der Waals surface area contributed by atoms with Crippen molar-refractivity contribution in [1.29, 1.82) is 0 Å². The summed E-state index contributed by atoms with van der Waals surface area (Å²) in [6, 6.07) is 3.86. The predicted octanol–water partition coefficient (Wildman–Crippen LogP) is 1.78.